The van der Waals surface area contributed by atoms with Gasteiger partial charge in [0, 0.05) is 114 Å². The number of hydrogen-bond acceptors (Lipinski definition) is 8. The number of amides is 4. The number of H-pyrrole nitrogens is 1. The van der Waals surface area contributed by atoms with Crippen LogP contribution in [0.3, 0.4) is 0 Å². The highest BCUT2D eigenvalue weighted by Gasteiger charge is 2.26. The Labute approximate surface area is 418 Å². The van der Waals surface area contributed by atoms with Crippen LogP contribution in [0, 0.1) is 0 Å². The third-order valence-electron chi connectivity index (χ3n) is 12.9. The Hall–Kier alpha value is -6.03. The van der Waals surface area contributed by atoms with Gasteiger partial charge in [-0.2, -0.15) is 14.9 Å². The van der Waals surface area contributed by atoms with E-state index in [4.69, 9.17) is 34.8 Å². The lowest BCUT2D eigenvalue weighted by atomic mass is 10.0. The second kappa shape index (κ2) is 24.0. The smallest absolute Gasteiger partial charge is 0.339 e. The summed E-state index contributed by atoms with van der Waals surface area (Å²) in [4.78, 5) is 59.9. The van der Waals surface area contributed by atoms with E-state index in [1.54, 1.807) is 28.4 Å². The number of carbonyl (C=O) groups excluding carboxylic acids is 4. The first-order chi connectivity index (χ1) is 33.6. The summed E-state index contributed by atoms with van der Waals surface area (Å²) in [5, 5.41) is 11.7. The fourth-order valence-corrected chi connectivity index (χ4v) is 9.54. The van der Waals surface area contributed by atoms with E-state index in [1.165, 1.54) is 10.9 Å². The van der Waals surface area contributed by atoms with Gasteiger partial charge in [0.15, 0.2) is 0 Å². The van der Waals surface area contributed by atoms with E-state index in [-0.39, 0.29) is 23.2 Å². The Morgan fingerprint density at radius 1 is 0.507 bits per heavy atom. The number of nitrogens with zero attached hydrogens (tertiary/aromatic N) is 9. The number of carbonyl (C=O) groups is 4. The van der Waals surface area contributed by atoms with Crippen LogP contribution in [0.2, 0.25) is 10.0 Å². The maximum atomic E-state index is 12.9. The Morgan fingerprint density at radius 2 is 0.971 bits per heavy atom. The van der Waals surface area contributed by atoms with Crippen molar-refractivity contribution in [2.75, 3.05) is 78.5 Å². The van der Waals surface area contributed by atoms with Crippen molar-refractivity contribution in [3.05, 3.63) is 154 Å². The van der Waals surface area contributed by atoms with Crippen molar-refractivity contribution in [3.63, 3.8) is 0 Å². The summed E-state index contributed by atoms with van der Waals surface area (Å²) in [6.07, 6.45) is 10.6. The van der Waals surface area contributed by atoms with Gasteiger partial charge in [0.2, 0.25) is 0 Å². The second-order valence-corrected chi connectivity index (χ2v) is 18.7. The molecule has 0 aliphatic carbocycles. The first kappa shape index (κ1) is 49.4. The molecule has 6 aromatic rings. The summed E-state index contributed by atoms with van der Waals surface area (Å²) in [7, 11) is 0. The molecule has 0 atom stereocenters. The van der Waals surface area contributed by atoms with Crippen LogP contribution in [0.15, 0.2) is 122 Å². The fourth-order valence-electron chi connectivity index (χ4n) is 8.89. The molecule has 4 saturated heterocycles. The van der Waals surface area contributed by atoms with Gasteiger partial charge in [-0.25, -0.2) is 4.79 Å². The number of likely N-dealkylation sites (tertiary alicyclic amines) is 2. The molecule has 4 amide bonds. The Morgan fingerprint density at radius 3 is 1.41 bits per heavy atom. The van der Waals surface area contributed by atoms with E-state index in [9.17, 15) is 19.2 Å². The van der Waals surface area contributed by atoms with Crippen molar-refractivity contribution in [2.24, 2.45) is 0 Å². The fraction of sp³-hybridized carbons (Fsp3) is 0.346. The number of benzene rings is 4. The summed E-state index contributed by atoms with van der Waals surface area (Å²) >= 11 is 18.6. The molecule has 4 aliphatic heterocycles. The van der Waals surface area contributed by atoms with Crippen LogP contribution in [-0.4, -0.2) is 151 Å². The van der Waals surface area contributed by atoms with Crippen LogP contribution in [0.1, 0.15) is 57.5 Å². The highest BCUT2D eigenvalue weighted by molar-refractivity contribution is 6.62. The van der Waals surface area contributed by atoms with Gasteiger partial charge in [-0.15, -0.1) is 0 Å². The molecule has 69 heavy (non-hydrogen) atoms. The van der Waals surface area contributed by atoms with E-state index >= 15 is 0 Å². The van der Waals surface area contributed by atoms with Crippen molar-refractivity contribution in [3.8, 4) is 22.3 Å². The van der Waals surface area contributed by atoms with Crippen molar-refractivity contribution >= 4 is 58.0 Å². The van der Waals surface area contributed by atoms with E-state index in [2.05, 4.69) is 73.6 Å². The summed E-state index contributed by atoms with van der Waals surface area (Å²) in [6, 6.07) is 32.6. The van der Waals surface area contributed by atoms with E-state index in [1.807, 2.05) is 58.3 Å². The van der Waals surface area contributed by atoms with Crippen LogP contribution < -0.4 is 0 Å². The lowest BCUT2D eigenvalue weighted by Gasteiger charge is -2.34. The molecule has 0 spiro atoms. The summed E-state index contributed by atoms with van der Waals surface area (Å²) in [5.41, 5.74) is 7.86. The van der Waals surface area contributed by atoms with Crippen LogP contribution in [0.5, 0.6) is 0 Å². The first-order valence-corrected chi connectivity index (χ1v) is 24.7. The van der Waals surface area contributed by atoms with Crippen molar-refractivity contribution < 1.29 is 19.2 Å². The molecule has 10 rings (SSSR count). The summed E-state index contributed by atoms with van der Waals surface area (Å²) in [5.74, 6) is 0.0535. The molecule has 4 fully saturated rings. The average Bonchev–Trinajstić information content (AvgIpc) is 4.26. The maximum Gasteiger partial charge on any atom is 0.344 e. The van der Waals surface area contributed by atoms with Gasteiger partial charge in [-0.3, -0.25) is 29.3 Å². The van der Waals surface area contributed by atoms with Crippen molar-refractivity contribution in [1.82, 2.24) is 49.4 Å². The normalized spacial score (nSPS) is 16.4. The van der Waals surface area contributed by atoms with Gasteiger partial charge in [0.05, 0.1) is 23.5 Å². The van der Waals surface area contributed by atoms with Gasteiger partial charge in [0.25, 0.3) is 11.8 Å². The predicted molar refractivity (Wildman–Crippen MR) is 271 cm³/mol. The van der Waals surface area contributed by atoms with E-state index < -0.39 is 0 Å². The Balaban J connectivity index is 0.000000157. The average molecular weight is 992 g/mol. The van der Waals surface area contributed by atoms with E-state index in [0.29, 0.717) is 37.3 Å². The van der Waals surface area contributed by atoms with Crippen LogP contribution in [0.4, 0.5) is 9.59 Å². The number of halogens is 3. The first-order valence-electron chi connectivity index (χ1n) is 23.6. The monoisotopic (exact) mass is 990 g/mol. The molecule has 4 aromatic carbocycles. The largest absolute Gasteiger partial charge is 0.344 e. The number of piperazine rings is 2. The molecule has 1 N–H and O–H groups in total. The Kier molecular flexibility index (Phi) is 17.2. The zero-order chi connectivity index (χ0) is 48.1. The summed E-state index contributed by atoms with van der Waals surface area (Å²) in [6.45, 7) is 10.6. The lowest BCUT2D eigenvalue weighted by molar-refractivity contribution is 0.0785. The molecule has 0 saturated carbocycles. The number of rotatable bonds is 8. The van der Waals surface area contributed by atoms with Crippen molar-refractivity contribution in [2.45, 2.75) is 38.8 Å². The zero-order valence-corrected chi connectivity index (χ0v) is 40.8. The van der Waals surface area contributed by atoms with Crippen LogP contribution in [0.25, 0.3) is 22.3 Å². The predicted octanol–water partition coefficient (Wildman–Crippen LogP) is 9.35. The van der Waals surface area contributed by atoms with Gasteiger partial charge >= 0.3 is 11.4 Å². The highest BCUT2D eigenvalue weighted by Crippen LogP contribution is 2.28. The number of aromatic amines is 1. The van der Waals surface area contributed by atoms with E-state index in [0.717, 1.165) is 135 Å². The molecule has 4 aliphatic rings. The Bertz CT molecular complexity index is 2640. The molecule has 2 aromatic heterocycles. The molecule has 6 heterocycles. The lowest BCUT2D eigenvalue weighted by Crippen LogP contribution is -2.49. The topological polar surface area (TPSA) is 134 Å². The minimum absolute atomic E-state index is 0.0449. The van der Waals surface area contributed by atoms with Gasteiger partial charge in [-0.05, 0) is 82.8 Å². The number of aromatic nitrogens is 4. The van der Waals surface area contributed by atoms with Crippen molar-refractivity contribution in [1.29, 1.82) is 0 Å². The van der Waals surface area contributed by atoms with Crippen LogP contribution in [-0.2, 0) is 13.1 Å². The molecule has 360 valence electrons. The third-order valence-corrected chi connectivity index (χ3v) is 13.9. The molecular weight excluding hydrogens is 935 g/mol. The second-order valence-electron chi connectivity index (χ2n) is 17.6. The summed E-state index contributed by atoms with van der Waals surface area (Å²) < 4.78 is 1.29. The van der Waals surface area contributed by atoms with Gasteiger partial charge < -0.3 is 19.6 Å². The van der Waals surface area contributed by atoms with Gasteiger partial charge in [0.1, 0.15) is 0 Å². The molecule has 14 nitrogen and oxygen atoms in total. The zero-order valence-electron chi connectivity index (χ0n) is 38.6. The molecule has 0 bridgehead atoms. The quantitative estimate of drug-likeness (QED) is 0.118. The molecule has 17 heteroatoms. The van der Waals surface area contributed by atoms with Gasteiger partial charge in [-0.1, -0.05) is 108 Å². The highest BCUT2D eigenvalue weighted by atomic mass is 35.5. The number of nitrogens with one attached hydrogen (secondary N) is 1. The molecular formula is C52H57Cl3N10O4. The minimum atomic E-state index is -0.366. The molecule has 0 radical (unpaired) electrons. The molecule has 0 unspecified atom stereocenters. The SMILES string of the molecule is O=C(Cl)N1CCN(Cc2ccc(-c3ccccc3)cc2Cl)CC1.O=C(c1cn[nH]c1)N1CCCC1.O=C(c1cnn(C(=O)N2CCN(Cc3ccc(-c4ccccc4)cc3Cl)CC2)c1)N1CCCC1. The third kappa shape index (κ3) is 13.2. The standard InChI is InChI=1S/C26H28ClN5O2.C18H18Cl2N2O.C8H11N3O/c27-24-16-21(20-6-2-1-3-7-20)8-9-22(24)18-29-12-14-31(15-13-29)26(34)32-19-23(17-28-32)25(33)30-10-4-5-11-30;19-17-12-15(14-4-2-1-3-5-14)6-7-16(17)13-21-8-10-22(11-9-21)18(20)23;12-8(7-5-9-10-6-7)11-3-1-2-4-11/h1-3,6-9,16-17,19H,4-5,10-15,18H2;1-7,12H,8-11,13H2;5-6H,1-4H2,(H,9,10). The maximum absolute atomic E-state index is 12.9. The minimum Gasteiger partial charge on any atom is -0.339 e. The number of hydrogen-bond donors (Lipinski definition) is 1. The van der Waals surface area contributed by atoms with Crippen LogP contribution >= 0.6 is 34.8 Å².